The molecule has 1 heterocycles. The molecule has 28 heavy (non-hydrogen) atoms. The number of amides is 1. The molecule has 1 amide bonds. The number of methoxy groups -OCH3 is 2. The number of thiocarbonyl (C=S) groups is 1. The number of ether oxygens (including phenoxy) is 2. The first-order valence-electron chi connectivity index (χ1n) is 9.21. The van der Waals surface area contributed by atoms with Gasteiger partial charge >= 0.3 is 0 Å². The van der Waals surface area contributed by atoms with Crippen molar-refractivity contribution in [1.82, 2.24) is 10.2 Å². The van der Waals surface area contributed by atoms with Crippen molar-refractivity contribution in [2.75, 3.05) is 26.1 Å². The van der Waals surface area contributed by atoms with Crippen molar-refractivity contribution in [3.63, 3.8) is 0 Å². The Hall–Kier alpha value is -2.80. The number of anilines is 1. The van der Waals surface area contributed by atoms with E-state index in [0.717, 1.165) is 29.8 Å². The number of carbonyl (C=O) groups excluding carboxylic acids is 1. The van der Waals surface area contributed by atoms with Crippen LogP contribution in [0.3, 0.4) is 0 Å². The third kappa shape index (κ3) is 5.13. The lowest BCUT2D eigenvalue weighted by atomic mass is 10.1. The number of likely N-dealkylation sites (tertiary alicyclic amines) is 1. The Morgan fingerprint density at radius 1 is 1.07 bits per heavy atom. The number of rotatable bonds is 7. The van der Waals surface area contributed by atoms with Gasteiger partial charge in [-0.3, -0.25) is 4.79 Å². The van der Waals surface area contributed by atoms with Gasteiger partial charge in [-0.15, -0.1) is 0 Å². The molecule has 2 aromatic rings. The Morgan fingerprint density at radius 3 is 2.43 bits per heavy atom. The van der Waals surface area contributed by atoms with Crippen LogP contribution in [-0.4, -0.2) is 36.7 Å². The van der Waals surface area contributed by atoms with E-state index in [-0.39, 0.29) is 5.91 Å². The molecule has 1 saturated heterocycles. The molecule has 6 nitrogen and oxygen atoms in total. The summed E-state index contributed by atoms with van der Waals surface area (Å²) < 4.78 is 10.5. The van der Waals surface area contributed by atoms with Crippen LogP contribution in [0.4, 0.5) is 5.69 Å². The van der Waals surface area contributed by atoms with E-state index in [1.807, 2.05) is 23.1 Å². The second-order valence-corrected chi connectivity index (χ2v) is 7.02. The largest absolute Gasteiger partial charge is 0.493 e. The lowest BCUT2D eigenvalue weighted by molar-refractivity contribution is -0.128. The van der Waals surface area contributed by atoms with Gasteiger partial charge in [-0.25, -0.2) is 0 Å². The first kappa shape index (κ1) is 19.9. The first-order valence-corrected chi connectivity index (χ1v) is 9.62. The predicted octanol–water partition coefficient (Wildman–Crippen LogP) is 3.31. The quantitative estimate of drug-likeness (QED) is 0.697. The van der Waals surface area contributed by atoms with Crippen molar-refractivity contribution in [2.24, 2.45) is 0 Å². The number of benzene rings is 2. The maximum Gasteiger partial charge on any atom is 0.222 e. The molecule has 148 valence electrons. The summed E-state index contributed by atoms with van der Waals surface area (Å²) in [5.74, 6) is 1.56. The molecule has 1 fully saturated rings. The normalized spacial score (nSPS) is 13.4. The predicted molar refractivity (Wildman–Crippen MR) is 114 cm³/mol. The summed E-state index contributed by atoms with van der Waals surface area (Å²) in [4.78, 5) is 13.6. The fraction of sp³-hybridized carbons (Fsp3) is 0.333. The minimum atomic E-state index is 0.248. The molecular formula is C21H25N3O3S. The van der Waals surface area contributed by atoms with Gasteiger partial charge in [-0.1, -0.05) is 24.3 Å². The summed E-state index contributed by atoms with van der Waals surface area (Å²) in [5, 5.41) is 6.87. The lowest BCUT2D eigenvalue weighted by Crippen LogP contribution is -2.28. The van der Waals surface area contributed by atoms with Crippen LogP contribution in [0, 0.1) is 0 Å². The first-order chi connectivity index (χ1) is 13.6. The maximum atomic E-state index is 11.7. The van der Waals surface area contributed by atoms with E-state index < -0.39 is 0 Å². The van der Waals surface area contributed by atoms with E-state index in [4.69, 9.17) is 21.7 Å². The van der Waals surface area contributed by atoms with Crippen LogP contribution in [0.25, 0.3) is 0 Å². The highest BCUT2D eigenvalue weighted by molar-refractivity contribution is 7.80. The van der Waals surface area contributed by atoms with Crippen molar-refractivity contribution in [3.8, 4) is 11.5 Å². The van der Waals surface area contributed by atoms with Gasteiger partial charge in [0.25, 0.3) is 0 Å². The highest BCUT2D eigenvalue weighted by Gasteiger charge is 2.19. The molecule has 1 aliphatic rings. The highest BCUT2D eigenvalue weighted by atomic mass is 32.1. The van der Waals surface area contributed by atoms with Crippen LogP contribution in [0.5, 0.6) is 11.5 Å². The van der Waals surface area contributed by atoms with Gasteiger partial charge in [0.05, 0.1) is 14.2 Å². The van der Waals surface area contributed by atoms with Crippen LogP contribution in [-0.2, 0) is 17.9 Å². The standard InChI is InChI=1S/C21H25N3O3S/c1-26-18-10-9-17(12-19(18)27-2)23-21(28)22-13-15-5-7-16(8-6-15)14-24-11-3-4-20(24)25/h5-10,12H,3-4,11,13-14H2,1-2H3,(H2,22,23,28). The summed E-state index contributed by atoms with van der Waals surface area (Å²) in [7, 11) is 3.20. The fourth-order valence-electron chi connectivity index (χ4n) is 3.13. The summed E-state index contributed by atoms with van der Waals surface area (Å²) in [6.07, 6.45) is 1.64. The summed E-state index contributed by atoms with van der Waals surface area (Å²) >= 11 is 5.37. The molecule has 0 unspecified atom stereocenters. The third-order valence-electron chi connectivity index (χ3n) is 4.66. The number of nitrogens with one attached hydrogen (secondary N) is 2. The zero-order valence-electron chi connectivity index (χ0n) is 16.2. The zero-order valence-corrected chi connectivity index (χ0v) is 17.0. The molecule has 3 rings (SSSR count). The van der Waals surface area contributed by atoms with Gasteiger partial charge in [0.15, 0.2) is 16.6 Å². The van der Waals surface area contributed by atoms with Crippen molar-refractivity contribution in [3.05, 3.63) is 53.6 Å². The van der Waals surface area contributed by atoms with Crippen molar-refractivity contribution in [2.45, 2.75) is 25.9 Å². The van der Waals surface area contributed by atoms with Crippen LogP contribution in [0.15, 0.2) is 42.5 Å². The van der Waals surface area contributed by atoms with Crippen LogP contribution < -0.4 is 20.1 Å². The van der Waals surface area contributed by atoms with Crippen molar-refractivity contribution < 1.29 is 14.3 Å². The monoisotopic (exact) mass is 399 g/mol. The van der Waals surface area contributed by atoms with E-state index in [1.165, 1.54) is 0 Å². The van der Waals surface area contributed by atoms with E-state index in [1.54, 1.807) is 14.2 Å². The molecule has 1 aliphatic heterocycles. The number of nitrogens with zero attached hydrogens (tertiary/aromatic N) is 1. The Balaban J connectivity index is 1.49. The molecular weight excluding hydrogens is 374 g/mol. The molecule has 0 aromatic heterocycles. The minimum absolute atomic E-state index is 0.248. The molecule has 7 heteroatoms. The lowest BCUT2D eigenvalue weighted by Gasteiger charge is -2.16. The number of hydrogen-bond acceptors (Lipinski definition) is 4. The molecule has 0 saturated carbocycles. The van der Waals surface area contributed by atoms with E-state index >= 15 is 0 Å². The van der Waals surface area contributed by atoms with Gasteiger partial charge in [0.1, 0.15) is 0 Å². The Bertz CT molecular complexity index is 839. The van der Waals surface area contributed by atoms with Crippen molar-refractivity contribution >= 4 is 28.9 Å². The number of carbonyl (C=O) groups is 1. The van der Waals surface area contributed by atoms with E-state index in [2.05, 4.69) is 34.9 Å². The van der Waals surface area contributed by atoms with Gasteiger partial charge in [-0.2, -0.15) is 0 Å². The van der Waals surface area contributed by atoms with Crippen LogP contribution in [0.2, 0.25) is 0 Å². The second-order valence-electron chi connectivity index (χ2n) is 6.61. The van der Waals surface area contributed by atoms with E-state index in [9.17, 15) is 4.79 Å². The van der Waals surface area contributed by atoms with Crippen LogP contribution >= 0.6 is 12.2 Å². The zero-order chi connectivity index (χ0) is 19.9. The molecule has 0 spiro atoms. The molecule has 0 aliphatic carbocycles. The van der Waals surface area contributed by atoms with Crippen molar-refractivity contribution in [1.29, 1.82) is 0 Å². The van der Waals surface area contributed by atoms with Gasteiger partial charge in [0.2, 0.25) is 5.91 Å². The van der Waals surface area contributed by atoms with Crippen LogP contribution in [0.1, 0.15) is 24.0 Å². The Labute approximate surface area is 170 Å². The number of hydrogen-bond donors (Lipinski definition) is 2. The topological polar surface area (TPSA) is 62.8 Å². The third-order valence-corrected chi connectivity index (χ3v) is 4.91. The molecule has 2 N–H and O–H groups in total. The Morgan fingerprint density at radius 2 is 1.79 bits per heavy atom. The Kier molecular flexibility index (Phi) is 6.71. The maximum absolute atomic E-state index is 11.7. The summed E-state index contributed by atoms with van der Waals surface area (Å²) in [6, 6.07) is 13.8. The molecule has 0 radical (unpaired) electrons. The highest BCUT2D eigenvalue weighted by Crippen LogP contribution is 2.29. The smallest absolute Gasteiger partial charge is 0.222 e. The molecule has 2 aromatic carbocycles. The second kappa shape index (κ2) is 9.41. The average molecular weight is 400 g/mol. The summed E-state index contributed by atoms with van der Waals surface area (Å²) in [5.41, 5.74) is 3.08. The summed E-state index contributed by atoms with van der Waals surface area (Å²) in [6.45, 7) is 2.16. The molecule has 0 bridgehead atoms. The SMILES string of the molecule is COc1ccc(NC(=S)NCc2ccc(CN3CCCC3=O)cc2)cc1OC. The average Bonchev–Trinajstić information content (AvgIpc) is 3.11. The van der Waals surface area contributed by atoms with Gasteiger partial charge in [0, 0.05) is 37.8 Å². The minimum Gasteiger partial charge on any atom is -0.493 e. The fourth-order valence-corrected chi connectivity index (χ4v) is 3.32. The molecule has 0 atom stereocenters. The van der Waals surface area contributed by atoms with Gasteiger partial charge in [-0.05, 0) is 41.9 Å². The van der Waals surface area contributed by atoms with E-state index in [0.29, 0.717) is 36.1 Å². The van der Waals surface area contributed by atoms with Gasteiger partial charge < -0.3 is 25.0 Å².